The molecule has 1 spiro atoms. The van der Waals surface area contributed by atoms with Gasteiger partial charge in [-0.15, -0.1) is 11.3 Å². The van der Waals surface area contributed by atoms with Crippen LogP contribution >= 0.6 is 11.3 Å². The predicted molar refractivity (Wildman–Crippen MR) is 124 cm³/mol. The average Bonchev–Trinajstić information content (AvgIpc) is 3.43. The predicted octanol–water partition coefficient (Wildman–Crippen LogP) is 3.71. The minimum Gasteiger partial charge on any atom is -0.361 e. The molecule has 32 heavy (non-hydrogen) atoms. The summed E-state index contributed by atoms with van der Waals surface area (Å²) in [7, 11) is 0. The zero-order chi connectivity index (χ0) is 22.0. The fourth-order valence-electron chi connectivity index (χ4n) is 4.84. The van der Waals surface area contributed by atoms with E-state index in [4.69, 9.17) is 4.74 Å². The first-order valence-corrected chi connectivity index (χ1v) is 11.9. The van der Waals surface area contributed by atoms with Gasteiger partial charge in [-0.05, 0) is 22.6 Å². The highest BCUT2D eigenvalue weighted by atomic mass is 32.1. The van der Waals surface area contributed by atoms with Crippen molar-refractivity contribution in [3.8, 4) is 0 Å². The van der Waals surface area contributed by atoms with Crippen LogP contribution in [0.5, 0.6) is 0 Å². The molecule has 0 unspecified atom stereocenters. The number of hydrogen-bond acceptors (Lipinski definition) is 4. The largest absolute Gasteiger partial charge is 0.361 e. The van der Waals surface area contributed by atoms with Crippen LogP contribution < -0.4 is 0 Å². The number of ether oxygens (including phenoxy) is 1. The molecule has 3 heterocycles. The Labute approximate surface area is 192 Å². The molecule has 0 aliphatic carbocycles. The maximum absolute atomic E-state index is 13.8. The lowest BCUT2D eigenvalue weighted by Gasteiger charge is -2.42. The van der Waals surface area contributed by atoms with Crippen LogP contribution in [0.2, 0.25) is 0 Å². The van der Waals surface area contributed by atoms with Gasteiger partial charge in [0.25, 0.3) is 5.91 Å². The molecule has 0 saturated carbocycles. The van der Waals surface area contributed by atoms with Crippen LogP contribution in [0.1, 0.15) is 21.9 Å². The van der Waals surface area contributed by atoms with Gasteiger partial charge in [-0.2, -0.15) is 0 Å². The standard InChI is InChI=1S/C26H26N2O3S/c29-24(16-20-8-3-1-4-9-20)27-13-14-31-26(19-27)23(21-10-5-2-6-11-21)18-28(25(26)30)17-22-12-7-15-32-22/h1-12,15,23H,13-14,16-19H2/t23-,26+/m1/s1. The molecule has 2 aromatic carbocycles. The third kappa shape index (κ3) is 3.96. The molecule has 2 atom stereocenters. The number of carbonyl (C=O) groups is 2. The normalized spacial score (nSPS) is 23.1. The number of nitrogens with zero attached hydrogens (tertiary/aromatic N) is 2. The van der Waals surface area contributed by atoms with E-state index in [9.17, 15) is 9.59 Å². The topological polar surface area (TPSA) is 49.9 Å². The average molecular weight is 447 g/mol. The molecule has 0 bridgehead atoms. The van der Waals surface area contributed by atoms with Gasteiger partial charge in [-0.25, -0.2) is 0 Å². The van der Waals surface area contributed by atoms with Crippen LogP contribution in [-0.2, 0) is 27.3 Å². The van der Waals surface area contributed by atoms with Gasteiger partial charge >= 0.3 is 0 Å². The monoisotopic (exact) mass is 446 g/mol. The molecule has 2 saturated heterocycles. The van der Waals surface area contributed by atoms with Crippen molar-refractivity contribution in [3.63, 3.8) is 0 Å². The summed E-state index contributed by atoms with van der Waals surface area (Å²) in [5.74, 6) is -0.101. The fourth-order valence-corrected chi connectivity index (χ4v) is 5.56. The van der Waals surface area contributed by atoms with Crippen molar-refractivity contribution < 1.29 is 14.3 Å². The van der Waals surface area contributed by atoms with Gasteiger partial charge in [-0.3, -0.25) is 9.59 Å². The smallest absolute Gasteiger partial charge is 0.257 e. The first-order valence-electron chi connectivity index (χ1n) is 11.0. The highest BCUT2D eigenvalue weighted by molar-refractivity contribution is 7.09. The van der Waals surface area contributed by atoms with Crippen LogP contribution in [0.4, 0.5) is 0 Å². The molecule has 2 fully saturated rings. The van der Waals surface area contributed by atoms with Crippen LogP contribution in [-0.4, -0.2) is 53.5 Å². The van der Waals surface area contributed by atoms with E-state index < -0.39 is 5.60 Å². The van der Waals surface area contributed by atoms with E-state index >= 15 is 0 Å². The summed E-state index contributed by atoms with van der Waals surface area (Å²) in [5.41, 5.74) is 1.02. The molecule has 5 nitrogen and oxygen atoms in total. The highest BCUT2D eigenvalue weighted by Gasteiger charge is 2.58. The quantitative estimate of drug-likeness (QED) is 0.600. The van der Waals surface area contributed by atoms with E-state index in [2.05, 4.69) is 18.2 Å². The summed E-state index contributed by atoms with van der Waals surface area (Å²) in [5, 5.41) is 2.03. The molecule has 3 aromatic rings. The minimum atomic E-state index is -1.04. The number of benzene rings is 2. The zero-order valence-corrected chi connectivity index (χ0v) is 18.7. The second-order valence-electron chi connectivity index (χ2n) is 8.44. The highest BCUT2D eigenvalue weighted by Crippen LogP contribution is 2.42. The number of thiophene rings is 1. The van der Waals surface area contributed by atoms with Gasteiger partial charge in [-0.1, -0.05) is 66.7 Å². The molecular formula is C26H26N2O3S. The Morgan fingerprint density at radius 1 is 1.03 bits per heavy atom. The van der Waals surface area contributed by atoms with Crippen molar-refractivity contribution in [1.29, 1.82) is 0 Å². The molecule has 1 aromatic heterocycles. The van der Waals surface area contributed by atoms with Crippen LogP contribution in [0, 0.1) is 0 Å². The Morgan fingerprint density at radius 3 is 2.50 bits per heavy atom. The third-order valence-electron chi connectivity index (χ3n) is 6.44. The van der Waals surface area contributed by atoms with E-state index in [1.807, 2.05) is 69.8 Å². The number of morpholine rings is 1. The fraction of sp³-hybridized carbons (Fsp3) is 0.308. The van der Waals surface area contributed by atoms with Gasteiger partial charge in [0.1, 0.15) is 0 Å². The summed E-state index contributed by atoms with van der Waals surface area (Å²) < 4.78 is 6.30. The second-order valence-corrected chi connectivity index (χ2v) is 9.48. The molecule has 164 valence electrons. The minimum absolute atomic E-state index is 0.0167. The molecule has 0 N–H and O–H groups in total. The Morgan fingerprint density at radius 2 is 1.78 bits per heavy atom. The lowest BCUT2D eigenvalue weighted by atomic mass is 9.83. The van der Waals surface area contributed by atoms with E-state index in [-0.39, 0.29) is 24.3 Å². The van der Waals surface area contributed by atoms with Crippen molar-refractivity contribution in [2.75, 3.05) is 26.2 Å². The van der Waals surface area contributed by atoms with Crippen molar-refractivity contribution >= 4 is 23.2 Å². The summed E-state index contributed by atoms with van der Waals surface area (Å²) in [6.07, 6.45) is 0.333. The van der Waals surface area contributed by atoms with E-state index in [0.717, 1.165) is 16.0 Å². The molecule has 5 rings (SSSR count). The Hall–Kier alpha value is -2.96. The lowest BCUT2D eigenvalue weighted by molar-refractivity contribution is -0.167. The Bertz CT molecular complexity index is 1070. The summed E-state index contributed by atoms with van der Waals surface area (Å²) in [4.78, 5) is 31.8. The number of hydrogen-bond donors (Lipinski definition) is 0. The maximum atomic E-state index is 13.8. The van der Waals surface area contributed by atoms with E-state index in [1.165, 1.54) is 0 Å². The number of carbonyl (C=O) groups excluding carboxylic acids is 2. The maximum Gasteiger partial charge on any atom is 0.257 e. The molecule has 2 aliphatic rings. The Kier molecular flexibility index (Phi) is 5.81. The molecule has 2 aliphatic heterocycles. The molecule has 0 radical (unpaired) electrons. The number of amides is 2. The zero-order valence-electron chi connectivity index (χ0n) is 17.9. The molecular weight excluding hydrogens is 420 g/mol. The van der Waals surface area contributed by atoms with Crippen molar-refractivity contribution in [2.24, 2.45) is 0 Å². The Balaban J connectivity index is 1.43. The SMILES string of the molecule is O=C(Cc1ccccc1)N1CCO[C@]2(C1)C(=O)N(Cc1cccs1)C[C@@H]2c1ccccc1. The van der Waals surface area contributed by atoms with Gasteiger partial charge in [0.15, 0.2) is 5.60 Å². The van der Waals surface area contributed by atoms with Crippen molar-refractivity contribution in [2.45, 2.75) is 24.5 Å². The first-order chi connectivity index (χ1) is 15.7. The molecule has 2 amide bonds. The lowest BCUT2D eigenvalue weighted by Crippen LogP contribution is -2.59. The van der Waals surface area contributed by atoms with Crippen molar-refractivity contribution in [1.82, 2.24) is 9.80 Å². The van der Waals surface area contributed by atoms with Crippen molar-refractivity contribution in [3.05, 3.63) is 94.2 Å². The third-order valence-corrected chi connectivity index (χ3v) is 7.30. The van der Waals surface area contributed by atoms with Gasteiger partial charge in [0.2, 0.25) is 5.91 Å². The van der Waals surface area contributed by atoms with Gasteiger partial charge < -0.3 is 14.5 Å². The number of rotatable bonds is 5. The second kappa shape index (κ2) is 8.88. The van der Waals surface area contributed by atoms with Gasteiger partial charge in [0.05, 0.1) is 26.1 Å². The molecule has 6 heteroatoms. The summed E-state index contributed by atoms with van der Waals surface area (Å²) in [6.45, 7) is 2.32. The van der Waals surface area contributed by atoms with Crippen LogP contribution in [0.25, 0.3) is 0 Å². The van der Waals surface area contributed by atoms with Crippen LogP contribution in [0.15, 0.2) is 78.2 Å². The van der Waals surface area contributed by atoms with Crippen LogP contribution in [0.3, 0.4) is 0 Å². The van der Waals surface area contributed by atoms with E-state index in [0.29, 0.717) is 32.7 Å². The van der Waals surface area contributed by atoms with E-state index in [1.54, 1.807) is 11.3 Å². The number of likely N-dealkylation sites (tertiary alicyclic amines) is 1. The van der Waals surface area contributed by atoms with Gasteiger partial charge in [0, 0.05) is 23.9 Å². The summed E-state index contributed by atoms with van der Waals surface area (Å²) >= 11 is 1.65. The first kappa shape index (κ1) is 20.9. The summed E-state index contributed by atoms with van der Waals surface area (Å²) in [6, 6.07) is 23.9.